The van der Waals surface area contributed by atoms with Gasteiger partial charge in [0, 0.05) is 30.4 Å². The summed E-state index contributed by atoms with van der Waals surface area (Å²) in [4.78, 5) is 24.3. The van der Waals surface area contributed by atoms with Crippen LogP contribution >= 0.6 is 15.9 Å². The van der Waals surface area contributed by atoms with Gasteiger partial charge in [0.15, 0.2) is 0 Å². The summed E-state index contributed by atoms with van der Waals surface area (Å²) in [6, 6.07) is 7.62. The normalized spacial score (nSPS) is 23.1. The first-order valence-corrected chi connectivity index (χ1v) is 6.52. The van der Waals surface area contributed by atoms with E-state index in [1.165, 1.54) is 6.92 Å². The minimum Gasteiger partial charge on any atom is -0.481 e. The minimum atomic E-state index is -0.844. The van der Waals surface area contributed by atoms with Gasteiger partial charge >= 0.3 is 5.97 Å². The summed E-state index contributed by atoms with van der Waals surface area (Å²) in [5, 5.41) is 9.26. The van der Waals surface area contributed by atoms with E-state index in [1.807, 2.05) is 24.3 Å². The van der Waals surface area contributed by atoms with Crippen LogP contribution in [0.5, 0.6) is 0 Å². The number of halogens is 1. The average Bonchev–Trinajstić information content (AvgIpc) is 2.73. The highest BCUT2D eigenvalue weighted by Gasteiger charge is 2.39. The number of aliphatic carboxylic acids is 1. The summed E-state index contributed by atoms with van der Waals surface area (Å²) < 4.78 is 0.922. The van der Waals surface area contributed by atoms with Crippen molar-refractivity contribution in [1.29, 1.82) is 0 Å². The molecule has 1 heterocycles. The molecule has 2 atom stereocenters. The van der Waals surface area contributed by atoms with E-state index in [0.29, 0.717) is 13.1 Å². The Hall–Kier alpha value is -1.36. The zero-order valence-corrected chi connectivity index (χ0v) is 11.6. The lowest BCUT2D eigenvalue weighted by Crippen LogP contribution is -2.27. The van der Waals surface area contributed by atoms with Crippen molar-refractivity contribution in [3.05, 3.63) is 34.3 Å². The second kappa shape index (κ2) is 5.10. The van der Waals surface area contributed by atoms with Crippen LogP contribution in [-0.2, 0) is 9.59 Å². The van der Waals surface area contributed by atoms with Crippen molar-refractivity contribution in [1.82, 2.24) is 4.90 Å². The fraction of sp³-hybridized carbons (Fsp3) is 0.385. The molecular weight excluding hydrogens is 298 g/mol. The molecule has 1 amide bonds. The number of hydrogen-bond donors (Lipinski definition) is 1. The molecule has 0 radical (unpaired) electrons. The zero-order chi connectivity index (χ0) is 13.3. The van der Waals surface area contributed by atoms with Crippen LogP contribution < -0.4 is 0 Å². The van der Waals surface area contributed by atoms with E-state index < -0.39 is 11.9 Å². The Balaban J connectivity index is 2.30. The van der Waals surface area contributed by atoms with E-state index in [4.69, 9.17) is 0 Å². The molecule has 0 unspecified atom stereocenters. The third kappa shape index (κ3) is 2.56. The van der Waals surface area contributed by atoms with Crippen molar-refractivity contribution in [2.24, 2.45) is 5.92 Å². The van der Waals surface area contributed by atoms with E-state index in [2.05, 4.69) is 15.9 Å². The van der Waals surface area contributed by atoms with E-state index in [-0.39, 0.29) is 11.8 Å². The second-order valence-corrected chi connectivity index (χ2v) is 5.45. The van der Waals surface area contributed by atoms with Crippen LogP contribution in [0.1, 0.15) is 18.4 Å². The second-order valence-electron chi connectivity index (χ2n) is 4.53. The lowest BCUT2D eigenvalue weighted by Gasteiger charge is -2.15. The monoisotopic (exact) mass is 311 g/mol. The fourth-order valence-electron chi connectivity index (χ4n) is 2.39. The van der Waals surface area contributed by atoms with Crippen molar-refractivity contribution >= 4 is 27.8 Å². The summed E-state index contributed by atoms with van der Waals surface area (Å²) in [5.41, 5.74) is 0.959. The molecule has 0 aromatic heterocycles. The summed E-state index contributed by atoms with van der Waals surface area (Å²) in [5.74, 6) is -1.57. The first-order valence-electron chi connectivity index (χ1n) is 5.73. The van der Waals surface area contributed by atoms with Gasteiger partial charge in [-0.25, -0.2) is 0 Å². The Labute approximate surface area is 114 Å². The highest BCUT2D eigenvalue weighted by Crippen LogP contribution is 2.33. The standard InChI is InChI=1S/C13H14BrNO3/c1-8(16)15-6-11(12(7-15)13(17)18)9-3-2-4-10(14)5-9/h2-5,11-12H,6-7H2,1H3,(H,17,18)/t11-,12+/m1/s1. The van der Waals surface area contributed by atoms with Gasteiger partial charge in [0.05, 0.1) is 5.92 Å². The topological polar surface area (TPSA) is 57.6 Å². The summed E-state index contributed by atoms with van der Waals surface area (Å²) >= 11 is 3.38. The van der Waals surface area contributed by atoms with Crippen LogP contribution in [0, 0.1) is 5.92 Å². The lowest BCUT2D eigenvalue weighted by molar-refractivity contribution is -0.141. The molecule has 1 N–H and O–H groups in total. The molecule has 0 spiro atoms. The zero-order valence-electron chi connectivity index (χ0n) is 9.97. The van der Waals surface area contributed by atoms with E-state index in [0.717, 1.165) is 10.0 Å². The molecule has 96 valence electrons. The molecule has 4 nitrogen and oxygen atoms in total. The highest BCUT2D eigenvalue weighted by molar-refractivity contribution is 9.10. The Kier molecular flexibility index (Phi) is 3.71. The van der Waals surface area contributed by atoms with Crippen LogP contribution in [-0.4, -0.2) is 35.0 Å². The number of hydrogen-bond acceptors (Lipinski definition) is 2. The molecule has 18 heavy (non-hydrogen) atoms. The molecule has 5 heteroatoms. The van der Waals surface area contributed by atoms with Crippen molar-refractivity contribution in [3.63, 3.8) is 0 Å². The molecule has 1 aliphatic heterocycles. The molecule has 1 aliphatic rings. The van der Waals surface area contributed by atoms with Crippen LogP contribution in [0.15, 0.2) is 28.7 Å². The van der Waals surface area contributed by atoms with Crippen molar-refractivity contribution in [2.75, 3.05) is 13.1 Å². The quantitative estimate of drug-likeness (QED) is 0.910. The molecule has 0 saturated carbocycles. The van der Waals surface area contributed by atoms with Gasteiger partial charge in [-0.15, -0.1) is 0 Å². The largest absolute Gasteiger partial charge is 0.481 e. The number of benzene rings is 1. The molecular formula is C13H14BrNO3. The maximum absolute atomic E-state index is 11.4. The van der Waals surface area contributed by atoms with Gasteiger partial charge in [-0.3, -0.25) is 9.59 Å². The van der Waals surface area contributed by atoms with Crippen LogP contribution in [0.3, 0.4) is 0 Å². The van der Waals surface area contributed by atoms with Gasteiger partial charge < -0.3 is 10.0 Å². The minimum absolute atomic E-state index is 0.0706. The van der Waals surface area contributed by atoms with E-state index >= 15 is 0 Å². The summed E-state index contributed by atoms with van der Waals surface area (Å²) in [6.45, 7) is 2.24. The van der Waals surface area contributed by atoms with Gasteiger partial charge in [-0.1, -0.05) is 28.1 Å². The SMILES string of the molecule is CC(=O)N1C[C@H](C(=O)O)[C@@H](c2cccc(Br)c2)C1. The number of carbonyl (C=O) groups is 2. The summed E-state index contributed by atoms with van der Waals surface area (Å²) in [6.07, 6.45) is 0. The predicted octanol–water partition coefficient (Wildman–Crippen LogP) is 2.10. The molecule has 0 bridgehead atoms. The highest BCUT2D eigenvalue weighted by atomic mass is 79.9. The number of carbonyl (C=O) groups excluding carboxylic acids is 1. The number of carboxylic acids is 1. The smallest absolute Gasteiger partial charge is 0.308 e. The van der Waals surface area contributed by atoms with Crippen LogP contribution in [0.4, 0.5) is 0 Å². The number of likely N-dealkylation sites (tertiary alicyclic amines) is 1. The molecule has 1 aromatic carbocycles. The van der Waals surface area contributed by atoms with Gasteiger partial charge in [-0.05, 0) is 17.7 Å². The Morgan fingerprint density at radius 1 is 1.39 bits per heavy atom. The van der Waals surface area contributed by atoms with E-state index in [1.54, 1.807) is 4.90 Å². The molecule has 1 aromatic rings. The Morgan fingerprint density at radius 2 is 2.11 bits per heavy atom. The third-order valence-corrected chi connectivity index (χ3v) is 3.85. The van der Waals surface area contributed by atoms with Crippen molar-refractivity contribution in [3.8, 4) is 0 Å². The lowest BCUT2D eigenvalue weighted by atomic mass is 9.89. The number of carboxylic acid groups (broad SMARTS) is 1. The Morgan fingerprint density at radius 3 is 2.67 bits per heavy atom. The van der Waals surface area contributed by atoms with Gasteiger partial charge in [0.1, 0.15) is 0 Å². The number of amides is 1. The predicted molar refractivity (Wildman–Crippen MR) is 70.3 cm³/mol. The first-order chi connectivity index (χ1) is 8.49. The van der Waals surface area contributed by atoms with Gasteiger partial charge in [-0.2, -0.15) is 0 Å². The average molecular weight is 312 g/mol. The third-order valence-electron chi connectivity index (χ3n) is 3.36. The number of rotatable bonds is 2. The fourth-order valence-corrected chi connectivity index (χ4v) is 2.80. The molecule has 0 aliphatic carbocycles. The first kappa shape index (κ1) is 13.1. The number of nitrogens with zero attached hydrogens (tertiary/aromatic N) is 1. The summed E-state index contributed by atoms with van der Waals surface area (Å²) in [7, 11) is 0. The van der Waals surface area contributed by atoms with Crippen molar-refractivity contribution < 1.29 is 14.7 Å². The van der Waals surface area contributed by atoms with E-state index in [9.17, 15) is 14.7 Å². The van der Waals surface area contributed by atoms with Crippen LogP contribution in [0.25, 0.3) is 0 Å². The molecule has 1 fully saturated rings. The maximum atomic E-state index is 11.4. The maximum Gasteiger partial charge on any atom is 0.308 e. The molecule has 1 saturated heterocycles. The van der Waals surface area contributed by atoms with Crippen LogP contribution in [0.2, 0.25) is 0 Å². The van der Waals surface area contributed by atoms with Gasteiger partial charge in [0.25, 0.3) is 0 Å². The van der Waals surface area contributed by atoms with Crippen molar-refractivity contribution in [2.45, 2.75) is 12.8 Å². The van der Waals surface area contributed by atoms with Gasteiger partial charge in [0.2, 0.25) is 5.91 Å². The molecule has 2 rings (SSSR count). The Bertz CT molecular complexity index is 489.